The van der Waals surface area contributed by atoms with E-state index in [1.54, 1.807) is 0 Å². The van der Waals surface area contributed by atoms with E-state index in [1.165, 1.54) is 25.9 Å². The molecule has 1 aromatic heterocycles. The van der Waals surface area contributed by atoms with Crippen LogP contribution in [0.3, 0.4) is 0 Å². The van der Waals surface area contributed by atoms with Crippen LogP contribution in [-0.4, -0.2) is 37.1 Å². The van der Waals surface area contributed by atoms with Gasteiger partial charge in [0.2, 0.25) is 0 Å². The maximum atomic E-state index is 12.4. The third-order valence-corrected chi connectivity index (χ3v) is 6.10. The van der Waals surface area contributed by atoms with Crippen molar-refractivity contribution in [2.45, 2.75) is 72.3 Å². The average molecular weight is 376 g/mol. The Morgan fingerprint density at radius 3 is 2.78 bits per heavy atom. The number of rotatable bonds is 6. The van der Waals surface area contributed by atoms with Crippen molar-refractivity contribution in [1.29, 1.82) is 0 Å². The minimum Gasteiger partial charge on any atom is -0.466 e. The first-order valence-corrected chi connectivity index (χ1v) is 10.7. The molecule has 152 valence electrons. The number of urea groups is 1. The quantitative estimate of drug-likeness (QED) is 0.724. The molecule has 0 aromatic carbocycles. The van der Waals surface area contributed by atoms with Crippen molar-refractivity contribution < 1.29 is 9.21 Å². The monoisotopic (exact) mass is 375 g/mol. The van der Waals surface area contributed by atoms with Crippen molar-refractivity contribution in [3.63, 3.8) is 0 Å². The molecule has 0 saturated carbocycles. The van der Waals surface area contributed by atoms with Crippen LogP contribution >= 0.6 is 0 Å². The van der Waals surface area contributed by atoms with Crippen LogP contribution < -0.4 is 10.6 Å². The molecule has 0 radical (unpaired) electrons. The molecule has 5 heteroatoms. The number of furan rings is 1. The van der Waals surface area contributed by atoms with Crippen LogP contribution in [0.25, 0.3) is 0 Å². The fourth-order valence-corrected chi connectivity index (χ4v) is 4.47. The maximum Gasteiger partial charge on any atom is 0.315 e. The van der Waals surface area contributed by atoms with Crippen LogP contribution in [0, 0.1) is 18.3 Å². The summed E-state index contributed by atoms with van der Waals surface area (Å²) in [7, 11) is 0. The zero-order valence-electron chi connectivity index (χ0n) is 17.6. The van der Waals surface area contributed by atoms with Crippen LogP contribution in [-0.2, 0) is 6.42 Å². The Morgan fingerprint density at radius 1 is 1.30 bits per heavy atom. The zero-order valence-corrected chi connectivity index (χ0v) is 17.6. The molecular formula is C22H37N3O2. The highest BCUT2D eigenvalue weighted by molar-refractivity contribution is 5.74. The van der Waals surface area contributed by atoms with Crippen molar-refractivity contribution in [3.05, 3.63) is 23.2 Å². The van der Waals surface area contributed by atoms with E-state index in [-0.39, 0.29) is 17.5 Å². The lowest BCUT2D eigenvalue weighted by molar-refractivity contribution is 0.189. The molecule has 1 unspecified atom stereocenters. The summed E-state index contributed by atoms with van der Waals surface area (Å²) in [5.41, 5.74) is 1.29. The fourth-order valence-electron chi connectivity index (χ4n) is 4.47. The lowest BCUT2D eigenvalue weighted by atomic mass is 9.75. The molecule has 1 atom stereocenters. The van der Waals surface area contributed by atoms with Crippen molar-refractivity contribution in [2.75, 3.05) is 26.2 Å². The van der Waals surface area contributed by atoms with Gasteiger partial charge in [0.25, 0.3) is 0 Å². The summed E-state index contributed by atoms with van der Waals surface area (Å²) in [6, 6.07) is 2.06. The summed E-state index contributed by atoms with van der Waals surface area (Å²) >= 11 is 0. The molecule has 0 spiro atoms. The number of amides is 2. The number of carbonyl (C=O) groups is 1. The Hall–Kier alpha value is -1.49. The molecule has 1 aliphatic carbocycles. The second-order valence-corrected chi connectivity index (χ2v) is 9.46. The van der Waals surface area contributed by atoms with Crippen LogP contribution in [0.2, 0.25) is 0 Å². The van der Waals surface area contributed by atoms with Gasteiger partial charge in [-0.1, -0.05) is 20.8 Å². The normalized spacial score (nSPS) is 23.0. The van der Waals surface area contributed by atoms with Gasteiger partial charge >= 0.3 is 6.03 Å². The van der Waals surface area contributed by atoms with Crippen LogP contribution in [0.4, 0.5) is 4.79 Å². The summed E-state index contributed by atoms with van der Waals surface area (Å²) in [6.45, 7) is 13.2. The Labute approximate surface area is 164 Å². The molecule has 1 aromatic rings. The highest BCUT2D eigenvalue weighted by Gasteiger charge is 2.35. The second-order valence-electron chi connectivity index (χ2n) is 9.46. The zero-order chi connectivity index (χ0) is 19.4. The minimum atomic E-state index is -0.0608. The molecule has 3 rings (SSSR count). The van der Waals surface area contributed by atoms with Gasteiger partial charge in [-0.05, 0) is 76.1 Å². The molecule has 2 amide bonds. The molecule has 1 fully saturated rings. The van der Waals surface area contributed by atoms with E-state index in [4.69, 9.17) is 4.42 Å². The lowest BCUT2D eigenvalue weighted by Gasteiger charge is -2.34. The number of likely N-dealkylation sites (tertiary alicyclic amines) is 1. The highest BCUT2D eigenvalue weighted by atomic mass is 16.3. The van der Waals surface area contributed by atoms with Gasteiger partial charge in [-0.2, -0.15) is 0 Å². The summed E-state index contributed by atoms with van der Waals surface area (Å²) in [5.74, 6) is 2.85. The van der Waals surface area contributed by atoms with Gasteiger partial charge in [0, 0.05) is 18.5 Å². The van der Waals surface area contributed by atoms with E-state index < -0.39 is 0 Å². The Balaban J connectivity index is 1.38. The lowest BCUT2D eigenvalue weighted by Crippen LogP contribution is -2.42. The largest absolute Gasteiger partial charge is 0.466 e. The number of carbonyl (C=O) groups excluding carboxylic acids is 1. The summed E-state index contributed by atoms with van der Waals surface area (Å²) in [6.07, 6.45) is 6.72. The third-order valence-electron chi connectivity index (χ3n) is 6.10. The maximum absolute atomic E-state index is 12.4. The van der Waals surface area contributed by atoms with Gasteiger partial charge in [0.1, 0.15) is 11.5 Å². The Kier molecular flexibility index (Phi) is 6.51. The van der Waals surface area contributed by atoms with E-state index >= 15 is 0 Å². The summed E-state index contributed by atoms with van der Waals surface area (Å²) < 4.78 is 5.85. The van der Waals surface area contributed by atoms with Crippen molar-refractivity contribution in [2.24, 2.45) is 11.3 Å². The number of unbranched alkanes of at least 4 members (excludes halogenated alkanes) is 1. The second kappa shape index (κ2) is 8.68. The Morgan fingerprint density at radius 2 is 2.04 bits per heavy atom. The van der Waals surface area contributed by atoms with Crippen molar-refractivity contribution in [3.8, 4) is 0 Å². The molecule has 1 saturated heterocycles. The van der Waals surface area contributed by atoms with E-state index in [0.29, 0.717) is 0 Å². The van der Waals surface area contributed by atoms with Crippen molar-refractivity contribution >= 4 is 6.03 Å². The number of piperidine rings is 1. The van der Waals surface area contributed by atoms with E-state index in [0.717, 1.165) is 61.8 Å². The molecule has 27 heavy (non-hydrogen) atoms. The minimum absolute atomic E-state index is 0.0385. The van der Waals surface area contributed by atoms with Gasteiger partial charge in [-0.25, -0.2) is 4.79 Å². The van der Waals surface area contributed by atoms with Gasteiger partial charge < -0.3 is 20.0 Å². The van der Waals surface area contributed by atoms with Crippen LogP contribution in [0.1, 0.15) is 76.0 Å². The average Bonchev–Trinajstić information content (AvgIpc) is 2.95. The first-order valence-electron chi connectivity index (χ1n) is 10.7. The van der Waals surface area contributed by atoms with Crippen LogP contribution in [0.5, 0.6) is 0 Å². The molecule has 5 nitrogen and oxygen atoms in total. The van der Waals surface area contributed by atoms with E-state index in [2.05, 4.69) is 42.4 Å². The topological polar surface area (TPSA) is 57.5 Å². The summed E-state index contributed by atoms with van der Waals surface area (Å²) in [4.78, 5) is 14.9. The summed E-state index contributed by atoms with van der Waals surface area (Å²) in [5, 5.41) is 6.21. The van der Waals surface area contributed by atoms with Crippen molar-refractivity contribution in [1.82, 2.24) is 15.5 Å². The number of hydrogen-bond acceptors (Lipinski definition) is 3. The first-order chi connectivity index (χ1) is 12.8. The first kappa shape index (κ1) is 20.2. The SMILES string of the molecule is Cc1cc2c(o1)CC(C)(C)CC2NC(=O)NCCCCN1CCC(C)CC1. The predicted octanol–water partition coefficient (Wildman–Crippen LogP) is 4.41. The molecule has 2 heterocycles. The smallest absolute Gasteiger partial charge is 0.315 e. The van der Waals surface area contributed by atoms with Gasteiger partial charge in [0.05, 0.1) is 6.04 Å². The standard InChI is InChI=1S/C22H37N3O2/c1-16-7-11-25(12-8-16)10-6-5-9-23-21(26)24-19-14-22(3,4)15-20-18(19)13-17(2)27-20/h13,16,19H,5-12,14-15H2,1-4H3,(H2,23,24,26). The van der Waals surface area contributed by atoms with Gasteiger partial charge in [0.15, 0.2) is 0 Å². The van der Waals surface area contributed by atoms with E-state index in [9.17, 15) is 4.79 Å². The molecular weight excluding hydrogens is 338 g/mol. The number of nitrogens with zero attached hydrogens (tertiary/aromatic N) is 1. The highest BCUT2D eigenvalue weighted by Crippen LogP contribution is 2.41. The van der Waals surface area contributed by atoms with Gasteiger partial charge in [-0.3, -0.25) is 0 Å². The number of aryl methyl sites for hydroxylation is 1. The molecule has 0 bridgehead atoms. The fraction of sp³-hybridized carbons (Fsp3) is 0.773. The number of fused-ring (bicyclic) bond motifs is 1. The molecule has 2 aliphatic rings. The third kappa shape index (κ3) is 5.74. The number of hydrogen-bond donors (Lipinski definition) is 2. The van der Waals surface area contributed by atoms with Crippen LogP contribution in [0.15, 0.2) is 10.5 Å². The van der Waals surface area contributed by atoms with Gasteiger partial charge in [-0.15, -0.1) is 0 Å². The van der Waals surface area contributed by atoms with E-state index in [1.807, 2.05) is 6.92 Å². The number of nitrogens with one attached hydrogen (secondary N) is 2. The Bertz CT molecular complexity index is 630. The molecule has 2 N–H and O–H groups in total. The predicted molar refractivity (Wildman–Crippen MR) is 109 cm³/mol. The molecule has 1 aliphatic heterocycles.